The Morgan fingerprint density at radius 3 is 2.67 bits per heavy atom. The normalized spacial score (nSPS) is 17.9. The van der Waals surface area contributed by atoms with Crippen LogP contribution in [0.2, 0.25) is 5.02 Å². The van der Waals surface area contributed by atoms with Crippen molar-refractivity contribution < 1.29 is 17.2 Å². The van der Waals surface area contributed by atoms with Gasteiger partial charge in [0, 0.05) is 36.3 Å². The molecule has 0 aliphatic carbocycles. The Balaban J connectivity index is 1.54. The highest BCUT2D eigenvalue weighted by Gasteiger charge is 2.33. The van der Waals surface area contributed by atoms with Crippen LogP contribution in [0.4, 0.5) is 14.6 Å². The van der Waals surface area contributed by atoms with E-state index in [0.29, 0.717) is 30.4 Å². The number of sulfonamides is 1. The molecule has 1 N–H and O–H groups in total. The number of fused-ring (bicyclic) bond motifs is 1. The standard InChI is InChI=1S/C20H19ClF2N4O2S/c21-13-4-3-6-15(8-13)30(28,29)27-7-2-1-5-14(27)11-25-20-12-24-18-9-16(22)17(23)10-19(18)26-20/h3-4,6,8-10,12,14H,1-2,5,7,11H2,(H,25,26). The van der Waals surface area contributed by atoms with Crippen LogP contribution in [-0.4, -0.2) is 41.8 Å². The molecule has 0 radical (unpaired) electrons. The lowest BCUT2D eigenvalue weighted by molar-refractivity contribution is 0.262. The van der Waals surface area contributed by atoms with Crippen molar-refractivity contribution in [2.45, 2.75) is 30.2 Å². The number of aromatic nitrogens is 2. The van der Waals surface area contributed by atoms with Gasteiger partial charge in [0.15, 0.2) is 11.6 Å². The largest absolute Gasteiger partial charge is 0.367 e. The number of benzene rings is 2. The summed E-state index contributed by atoms with van der Waals surface area (Å²) in [7, 11) is -3.70. The van der Waals surface area contributed by atoms with Crippen molar-refractivity contribution >= 4 is 38.5 Å². The summed E-state index contributed by atoms with van der Waals surface area (Å²) in [5, 5.41) is 3.44. The van der Waals surface area contributed by atoms with Crippen molar-refractivity contribution in [3.05, 3.63) is 59.3 Å². The molecule has 0 saturated carbocycles. The highest BCUT2D eigenvalue weighted by Crippen LogP contribution is 2.27. The first-order valence-electron chi connectivity index (χ1n) is 9.48. The second-order valence-electron chi connectivity index (χ2n) is 7.11. The molecule has 30 heavy (non-hydrogen) atoms. The minimum absolute atomic E-state index is 0.157. The van der Waals surface area contributed by atoms with Gasteiger partial charge in [-0.3, -0.25) is 4.98 Å². The summed E-state index contributed by atoms with van der Waals surface area (Å²) in [6, 6.07) is 7.90. The van der Waals surface area contributed by atoms with Crippen LogP contribution in [-0.2, 0) is 10.0 Å². The van der Waals surface area contributed by atoms with Crippen LogP contribution < -0.4 is 5.32 Å². The van der Waals surface area contributed by atoms with Crippen LogP contribution >= 0.6 is 11.6 Å². The first-order chi connectivity index (χ1) is 14.3. The number of nitrogens with zero attached hydrogens (tertiary/aromatic N) is 3. The molecule has 1 unspecified atom stereocenters. The molecule has 1 aliphatic heterocycles. The van der Waals surface area contributed by atoms with Gasteiger partial charge < -0.3 is 5.32 Å². The van der Waals surface area contributed by atoms with Crippen LogP contribution in [0.1, 0.15) is 19.3 Å². The van der Waals surface area contributed by atoms with Gasteiger partial charge in [0.1, 0.15) is 5.82 Å². The minimum Gasteiger partial charge on any atom is -0.367 e. The SMILES string of the molecule is O=S(=O)(c1cccc(Cl)c1)N1CCCCC1CNc1cnc2cc(F)c(F)cc2n1. The molecule has 1 fully saturated rings. The van der Waals surface area contributed by atoms with Gasteiger partial charge in [-0.05, 0) is 31.0 Å². The van der Waals surface area contributed by atoms with E-state index in [2.05, 4.69) is 15.3 Å². The lowest BCUT2D eigenvalue weighted by atomic mass is 10.1. The number of halogens is 3. The van der Waals surface area contributed by atoms with Gasteiger partial charge in [-0.1, -0.05) is 24.1 Å². The average molecular weight is 453 g/mol. The van der Waals surface area contributed by atoms with Crippen LogP contribution in [0.25, 0.3) is 11.0 Å². The van der Waals surface area contributed by atoms with Gasteiger partial charge in [-0.25, -0.2) is 22.2 Å². The molecule has 10 heteroatoms. The third-order valence-electron chi connectivity index (χ3n) is 5.08. The Bertz CT molecular complexity index is 1190. The van der Waals surface area contributed by atoms with Crippen molar-refractivity contribution in [3.63, 3.8) is 0 Å². The molecule has 6 nitrogen and oxygen atoms in total. The third kappa shape index (κ3) is 4.23. The lowest BCUT2D eigenvalue weighted by Crippen LogP contribution is -2.47. The van der Waals surface area contributed by atoms with Crippen molar-refractivity contribution in [2.24, 2.45) is 0 Å². The summed E-state index contributed by atoms with van der Waals surface area (Å²) in [5.74, 6) is -1.62. The summed E-state index contributed by atoms with van der Waals surface area (Å²) in [6.07, 6.45) is 3.78. The number of nitrogens with one attached hydrogen (secondary N) is 1. The van der Waals surface area contributed by atoms with Gasteiger partial charge in [-0.2, -0.15) is 4.31 Å². The molecule has 0 spiro atoms. The molecule has 2 heterocycles. The van der Waals surface area contributed by atoms with E-state index in [4.69, 9.17) is 11.6 Å². The summed E-state index contributed by atoms with van der Waals surface area (Å²) in [6.45, 7) is 0.721. The van der Waals surface area contributed by atoms with Crippen molar-refractivity contribution in [1.29, 1.82) is 0 Å². The molecule has 158 valence electrons. The number of hydrogen-bond donors (Lipinski definition) is 1. The van der Waals surface area contributed by atoms with Crippen LogP contribution in [0.15, 0.2) is 47.5 Å². The van der Waals surface area contributed by atoms with Gasteiger partial charge >= 0.3 is 0 Å². The fraction of sp³-hybridized carbons (Fsp3) is 0.300. The quantitative estimate of drug-likeness (QED) is 0.627. The zero-order valence-corrected chi connectivity index (χ0v) is 17.4. The third-order valence-corrected chi connectivity index (χ3v) is 7.26. The number of piperidine rings is 1. The summed E-state index contributed by atoms with van der Waals surface area (Å²) in [5.41, 5.74) is 0.452. The molecule has 4 rings (SSSR count). The molecule has 0 bridgehead atoms. The molecule has 1 atom stereocenters. The van der Waals surface area contributed by atoms with E-state index in [1.165, 1.54) is 22.6 Å². The number of rotatable bonds is 5. The van der Waals surface area contributed by atoms with E-state index in [9.17, 15) is 17.2 Å². The van der Waals surface area contributed by atoms with Crippen molar-refractivity contribution in [1.82, 2.24) is 14.3 Å². The smallest absolute Gasteiger partial charge is 0.243 e. The van der Waals surface area contributed by atoms with Crippen LogP contribution in [0.5, 0.6) is 0 Å². The van der Waals surface area contributed by atoms with Gasteiger partial charge in [0.25, 0.3) is 0 Å². The van der Waals surface area contributed by atoms with E-state index in [0.717, 1.165) is 25.0 Å². The first kappa shape index (κ1) is 20.9. The van der Waals surface area contributed by atoms with Crippen LogP contribution in [0, 0.1) is 11.6 Å². The van der Waals surface area contributed by atoms with E-state index in [1.807, 2.05) is 0 Å². The Morgan fingerprint density at radius 2 is 1.90 bits per heavy atom. The minimum atomic E-state index is -3.70. The second-order valence-corrected chi connectivity index (χ2v) is 9.44. The summed E-state index contributed by atoms with van der Waals surface area (Å²) < 4.78 is 54.6. The van der Waals surface area contributed by atoms with Gasteiger partial charge in [0.2, 0.25) is 10.0 Å². The Kier molecular flexibility index (Phi) is 5.86. The maximum Gasteiger partial charge on any atom is 0.243 e. The molecule has 3 aromatic rings. The molecule has 0 amide bonds. The van der Waals surface area contributed by atoms with E-state index in [-0.39, 0.29) is 22.0 Å². The highest BCUT2D eigenvalue weighted by molar-refractivity contribution is 7.89. The number of anilines is 1. The Labute approximate surface area is 177 Å². The van der Waals surface area contributed by atoms with Crippen molar-refractivity contribution in [2.75, 3.05) is 18.4 Å². The Hall–Kier alpha value is -2.36. The highest BCUT2D eigenvalue weighted by atomic mass is 35.5. The molecular weight excluding hydrogens is 434 g/mol. The van der Waals surface area contributed by atoms with Crippen molar-refractivity contribution in [3.8, 4) is 0 Å². The van der Waals surface area contributed by atoms with E-state index in [1.54, 1.807) is 12.1 Å². The maximum absolute atomic E-state index is 13.5. The molecular formula is C20H19ClF2N4O2S. The molecule has 1 saturated heterocycles. The lowest BCUT2D eigenvalue weighted by Gasteiger charge is -2.34. The summed E-state index contributed by atoms with van der Waals surface area (Å²) >= 11 is 5.98. The predicted octanol–water partition coefficient (Wildman–Crippen LogP) is 4.22. The van der Waals surface area contributed by atoms with E-state index >= 15 is 0 Å². The average Bonchev–Trinajstić information content (AvgIpc) is 2.73. The zero-order chi connectivity index (χ0) is 21.3. The first-order valence-corrected chi connectivity index (χ1v) is 11.3. The fourth-order valence-electron chi connectivity index (χ4n) is 3.57. The fourth-order valence-corrected chi connectivity index (χ4v) is 5.57. The second kappa shape index (κ2) is 8.41. The maximum atomic E-state index is 13.5. The molecule has 1 aliphatic rings. The monoisotopic (exact) mass is 452 g/mol. The van der Waals surface area contributed by atoms with E-state index < -0.39 is 21.7 Å². The Morgan fingerprint density at radius 1 is 1.13 bits per heavy atom. The zero-order valence-electron chi connectivity index (χ0n) is 15.9. The topological polar surface area (TPSA) is 75.2 Å². The van der Waals surface area contributed by atoms with Crippen LogP contribution in [0.3, 0.4) is 0 Å². The van der Waals surface area contributed by atoms with Gasteiger partial charge in [0.05, 0.1) is 22.1 Å². The predicted molar refractivity (Wildman–Crippen MR) is 111 cm³/mol. The number of hydrogen-bond acceptors (Lipinski definition) is 5. The molecule has 2 aromatic carbocycles. The van der Waals surface area contributed by atoms with Gasteiger partial charge in [-0.15, -0.1) is 0 Å². The summed E-state index contributed by atoms with van der Waals surface area (Å²) in [4.78, 5) is 8.50. The molecule has 1 aromatic heterocycles.